The monoisotopic (exact) mass is 559 g/mol. The number of para-hydroxylation sites is 1. The van der Waals surface area contributed by atoms with Gasteiger partial charge >= 0.3 is 6.09 Å². The fourth-order valence-corrected chi connectivity index (χ4v) is 4.50. The Morgan fingerprint density at radius 1 is 0.878 bits per heavy atom. The topological polar surface area (TPSA) is 108 Å². The van der Waals surface area contributed by atoms with Crippen molar-refractivity contribution in [3.8, 4) is 0 Å². The van der Waals surface area contributed by atoms with Gasteiger partial charge in [0.05, 0.1) is 6.61 Å². The summed E-state index contributed by atoms with van der Waals surface area (Å²) in [5, 5.41) is 15.8. The molecule has 0 saturated heterocycles. The number of carbonyl (C=O) groups excluding carboxylic acids is 3. The second kappa shape index (κ2) is 13.9. The molecule has 0 heterocycles. The highest BCUT2D eigenvalue weighted by molar-refractivity contribution is 5.99. The summed E-state index contributed by atoms with van der Waals surface area (Å²) in [6, 6.07) is 20.1. The van der Waals surface area contributed by atoms with E-state index in [1.165, 1.54) is 4.90 Å². The van der Waals surface area contributed by atoms with Crippen molar-refractivity contribution in [1.29, 1.82) is 0 Å². The summed E-state index contributed by atoms with van der Waals surface area (Å²) in [6.07, 6.45) is -0.581. The summed E-state index contributed by atoms with van der Waals surface area (Å²) in [5.41, 5.74) is 4.13. The molecule has 3 N–H and O–H groups in total. The van der Waals surface area contributed by atoms with Gasteiger partial charge in [-0.05, 0) is 75.4 Å². The number of aliphatic hydroxyl groups is 1. The molecule has 2 atom stereocenters. The molecule has 0 fully saturated rings. The number of aliphatic hydroxyl groups excluding tert-OH is 1. The minimum absolute atomic E-state index is 0.126. The van der Waals surface area contributed by atoms with Crippen molar-refractivity contribution < 1.29 is 24.2 Å². The zero-order valence-electron chi connectivity index (χ0n) is 24.7. The molecule has 0 aliphatic rings. The quantitative estimate of drug-likeness (QED) is 0.315. The van der Waals surface area contributed by atoms with E-state index < -0.39 is 35.6 Å². The van der Waals surface area contributed by atoms with Crippen LogP contribution in [0.25, 0.3) is 0 Å². The van der Waals surface area contributed by atoms with Crippen molar-refractivity contribution >= 4 is 23.6 Å². The van der Waals surface area contributed by atoms with E-state index in [-0.39, 0.29) is 19.6 Å². The van der Waals surface area contributed by atoms with E-state index in [1.807, 2.05) is 87.5 Å². The summed E-state index contributed by atoms with van der Waals surface area (Å²) in [6.45, 7) is 10.5. The molecule has 3 aromatic rings. The smallest absolute Gasteiger partial charge is 0.408 e. The molecule has 0 saturated carbocycles. The van der Waals surface area contributed by atoms with Gasteiger partial charge in [-0.2, -0.15) is 0 Å². The SMILES string of the molecule is Cc1ccc(C(C(=O)Nc2ccccc2C)N(CCO)C(=O)C(Cc2ccccc2)NC(=O)OC(C)(C)C)cc1C. The van der Waals surface area contributed by atoms with Crippen LogP contribution >= 0.6 is 0 Å². The third kappa shape index (κ3) is 8.91. The number of nitrogens with one attached hydrogen (secondary N) is 2. The molecule has 0 aliphatic carbocycles. The molecule has 8 heteroatoms. The second-order valence-corrected chi connectivity index (χ2v) is 11.2. The van der Waals surface area contributed by atoms with Crippen molar-refractivity contribution in [3.63, 3.8) is 0 Å². The minimum Gasteiger partial charge on any atom is -0.444 e. The molecule has 0 spiro atoms. The zero-order chi connectivity index (χ0) is 30.2. The molecule has 8 nitrogen and oxygen atoms in total. The molecule has 2 unspecified atom stereocenters. The van der Waals surface area contributed by atoms with Gasteiger partial charge in [-0.15, -0.1) is 0 Å². The molecule has 41 heavy (non-hydrogen) atoms. The standard InChI is InChI=1S/C33H41N3O5/c1-22-16-17-26(20-24(22)3)29(30(38)34-27-15-11-10-12-23(27)2)36(18-19-37)31(39)28(21-25-13-8-7-9-14-25)35-32(40)41-33(4,5)6/h7-17,20,28-29,37H,18-19,21H2,1-6H3,(H,34,38)(H,35,40). The minimum atomic E-state index is -1.08. The molecule has 0 bridgehead atoms. The largest absolute Gasteiger partial charge is 0.444 e. The van der Waals surface area contributed by atoms with Crippen LogP contribution in [0.4, 0.5) is 10.5 Å². The van der Waals surface area contributed by atoms with Gasteiger partial charge in [0, 0.05) is 18.7 Å². The molecule has 0 aromatic heterocycles. The van der Waals surface area contributed by atoms with E-state index in [1.54, 1.807) is 26.8 Å². The molecule has 218 valence electrons. The number of carbonyl (C=O) groups is 3. The fourth-order valence-electron chi connectivity index (χ4n) is 4.50. The van der Waals surface area contributed by atoms with Crippen molar-refractivity contribution in [1.82, 2.24) is 10.2 Å². The number of hydrogen-bond acceptors (Lipinski definition) is 5. The number of anilines is 1. The predicted octanol–water partition coefficient (Wildman–Crippen LogP) is 5.25. The first kappa shape index (κ1) is 31.4. The van der Waals surface area contributed by atoms with Gasteiger partial charge in [-0.3, -0.25) is 9.59 Å². The lowest BCUT2D eigenvalue weighted by Gasteiger charge is -2.34. The van der Waals surface area contributed by atoms with Gasteiger partial charge in [0.1, 0.15) is 17.7 Å². The maximum atomic E-state index is 14.3. The number of ether oxygens (including phenoxy) is 1. The first-order valence-corrected chi connectivity index (χ1v) is 13.8. The van der Waals surface area contributed by atoms with E-state index in [0.717, 1.165) is 22.3 Å². The summed E-state index contributed by atoms with van der Waals surface area (Å²) >= 11 is 0. The average Bonchev–Trinajstić information content (AvgIpc) is 2.90. The average molecular weight is 560 g/mol. The Bertz CT molecular complexity index is 1350. The number of nitrogens with zero attached hydrogens (tertiary/aromatic N) is 1. The normalized spacial score (nSPS) is 12.7. The molecule has 3 amide bonds. The summed E-state index contributed by atoms with van der Waals surface area (Å²) < 4.78 is 5.46. The number of aryl methyl sites for hydroxylation is 3. The van der Waals surface area contributed by atoms with Crippen LogP contribution in [-0.2, 0) is 20.7 Å². The lowest BCUT2D eigenvalue weighted by Crippen LogP contribution is -2.53. The van der Waals surface area contributed by atoms with Crippen molar-refractivity contribution in [2.45, 2.75) is 65.6 Å². The number of hydrogen-bond donors (Lipinski definition) is 3. The van der Waals surface area contributed by atoms with Gasteiger partial charge in [0.2, 0.25) is 5.91 Å². The Morgan fingerprint density at radius 2 is 1.54 bits per heavy atom. The van der Waals surface area contributed by atoms with Crippen LogP contribution < -0.4 is 10.6 Å². The highest BCUT2D eigenvalue weighted by Gasteiger charge is 2.36. The summed E-state index contributed by atoms with van der Waals surface area (Å²) in [5.74, 6) is -0.947. The summed E-state index contributed by atoms with van der Waals surface area (Å²) in [4.78, 5) is 42.5. The van der Waals surface area contributed by atoms with E-state index in [4.69, 9.17) is 4.74 Å². The van der Waals surface area contributed by atoms with Crippen LogP contribution in [0.5, 0.6) is 0 Å². The Kier molecular flexibility index (Phi) is 10.7. The molecule has 0 radical (unpaired) electrons. The summed E-state index contributed by atoms with van der Waals surface area (Å²) in [7, 11) is 0. The first-order valence-electron chi connectivity index (χ1n) is 13.8. The van der Waals surface area contributed by atoms with Crippen molar-refractivity contribution in [2.75, 3.05) is 18.5 Å². The molecular formula is C33H41N3O5. The number of rotatable bonds is 10. The Labute approximate surface area is 242 Å². The van der Waals surface area contributed by atoms with Crippen LogP contribution in [0.3, 0.4) is 0 Å². The third-order valence-electron chi connectivity index (χ3n) is 6.71. The van der Waals surface area contributed by atoms with E-state index >= 15 is 0 Å². The molecule has 0 aliphatic heterocycles. The number of benzene rings is 3. The lowest BCUT2D eigenvalue weighted by atomic mass is 9.97. The van der Waals surface area contributed by atoms with Gasteiger partial charge in [-0.25, -0.2) is 4.79 Å². The molecular weight excluding hydrogens is 518 g/mol. The first-order chi connectivity index (χ1) is 19.4. The zero-order valence-corrected chi connectivity index (χ0v) is 24.7. The number of amides is 3. The molecule has 3 aromatic carbocycles. The maximum Gasteiger partial charge on any atom is 0.408 e. The predicted molar refractivity (Wildman–Crippen MR) is 161 cm³/mol. The van der Waals surface area contributed by atoms with Gasteiger partial charge in [-0.1, -0.05) is 66.7 Å². The number of alkyl carbamates (subject to hydrolysis) is 1. The van der Waals surface area contributed by atoms with Crippen LogP contribution in [0.15, 0.2) is 72.8 Å². The van der Waals surface area contributed by atoms with Gasteiger partial charge in [0.15, 0.2) is 0 Å². The van der Waals surface area contributed by atoms with Crippen LogP contribution in [0.1, 0.15) is 54.6 Å². The van der Waals surface area contributed by atoms with Crippen LogP contribution in [0, 0.1) is 20.8 Å². The second-order valence-electron chi connectivity index (χ2n) is 11.2. The lowest BCUT2D eigenvalue weighted by molar-refractivity contribution is -0.141. The Hall–Kier alpha value is -4.17. The highest BCUT2D eigenvalue weighted by Crippen LogP contribution is 2.27. The highest BCUT2D eigenvalue weighted by atomic mass is 16.6. The van der Waals surface area contributed by atoms with Crippen LogP contribution in [0.2, 0.25) is 0 Å². The van der Waals surface area contributed by atoms with Gasteiger partial charge < -0.3 is 25.4 Å². The van der Waals surface area contributed by atoms with Crippen LogP contribution in [-0.4, -0.2) is 52.7 Å². The van der Waals surface area contributed by atoms with E-state index in [9.17, 15) is 19.5 Å². The van der Waals surface area contributed by atoms with E-state index in [0.29, 0.717) is 11.3 Å². The third-order valence-corrected chi connectivity index (χ3v) is 6.71. The maximum absolute atomic E-state index is 14.3. The molecule has 3 rings (SSSR count). The van der Waals surface area contributed by atoms with E-state index in [2.05, 4.69) is 10.6 Å². The van der Waals surface area contributed by atoms with Crippen molar-refractivity contribution in [3.05, 3.63) is 101 Å². The Morgan fingerprint density at radius 3 is 2.15 bits per heavy atom. The van der Waals surface area contributed by atoms with Gasteiger partial charge in [0.25, 0.3) is 5.91 Å². The Balaban J connectivity index is 2.06. The fraction of sp³-hybridized carbons (Fsp3) is 0.364. The van der Waals surface area contributed by atoms with Crippen molar-refractivity contribution in [2.24, 2.45) is 0 Å².